The smallest absolute Gasteiger partial charge is 0.342 e. The molecular weight excluding hydrogens is 346 g/mol. The average molecular weight is 360 g/mol. The topological polar surface area (TPSA) is 92.7 Å². The summed E-state index contributed by atoms with van der Waals surface area (Å²) in [6.07, 6.45) is 0.927. The van der Waals surface area contributed by atoms with Gasteiger partial charge >= 0.3 is 5.97 Å². The fourth-order valence-electron chi connectivity index (χ4n) is 2.53. The van der Waals surface area contributed by atoms with Gasteiger partial charge in [-0.25, -0.2) is 4.79 Å². The first-order chi connectivity index (χ1) is 11.9. The maximum absolute atomic E-state index is 12.2. The van der Waals surface area contributed by atoms with E-state index in [1.165, 1.54) is 18.2 Å². The molecule has 0 saturated heterocycles. The van der Waals surface area contributed by atoms with Crippen LogP contribution < -0.4 is 5.32 Å². The Labute approximate surface area is 148 Å². The molecule has 25 heavy (non-hydrogen) atoms. The van der Waals surface area contributed by atoms with Gasteiger partial charge in [-0.05, 0) is 48.4 Å². The summed E-state index contributed by atoms with van der Waals surface area (Å²) < 4.78 is 4.96. The molecule has 0 fully saturated rings. The first-order valence-corrected chi connectivity index (χ1v) is 7.93. The number of carbonyl (C=O) groups excluding carboxylic acids is 3. The van der Waals surface area contributed by atoms with Crippen molar-refractivity contribution in [2.24, 2.45) is 0 Å². The van der Waals surface area contributed by atoms with E-state index in [2.05, 4.69) is 5.32 Å². The minimum atomic E-state index is -0.812. The van der Waals surface area contributed by atoms with Gasteiger partial charge in [-0.2, -0.15) is 0 Å². The number of amides is 1. The molecule has 1 aliphatic rings. The number of hydrogen-bond acceptors (Lipinski definition) is 5. The normalized spacial score (nSPS) is 12.9. The van der Waals surface area contributed by atoms with Crippen LogP contribution in [0.4, 0.5) is 5.69 Å². The van der Waals surface area contributed by atoms with E-state index in [0.29, 0.717) is 24.1 Å². The van der Waals surface area contributed by atoms with Gasteiger partial charge in [0.2, 0.25) is 5.91 Å². The molecule has 2 aromatic rings. The summed E-state index contributed by atoms with van der Waals surface area (Å²) in [6.45, 7) is -0.452. The highest BCUT2D eigenvalue weighted by Crippen LogP contribution is 2.24. The van der Waals surface area contributed by atoms with Crippen LogP contribution in [0.1, 0.15) is 32.7 Å². The van der Waals surface area contributed by atoms with Crippen molar-refractivity contribution in [3.05, 3.63) is 58.1 Å². The van der Waals surface area contributed by atoms with E-state index in [0.717, 1.165) is 5.56 Å². The summed E-state index contributed by atoms with van der Waals surface area (Å²) >= 11 is 5.70. The zero-order chi connectivity index (χ0) is 18.0. The number of ketones is 1. The van der Waals surface area contributed by atoms with Gasteiger partial charge in [0.15, 0.2) is 12.4 Å². The van der Waals surface area contributed by atoms with Crippen molar-refractivity contribution in [3.63, 3.8) is 0 Å². The molecule has 0 unspecified atom stereocenters. The second-order valence-corrected chi connectivity index (χ2v) is 6.02. The van der Waals surface area contributed by atoms with Crippen LogP contribution >= 0.6 is 11.6 Å². The summed E-state index contributed by atoms with van der Waals surface area (Å²) in [5.74, 6) is -1.55. The first kappa shape index (κ1) is 17.0. The zero-order valence-corrected chi connectivity index (χ0v) is 13.8. The lowest BCUT2D eigenvalue weighted by Gasteiger charge is -2.17. The Morgan fingerprint density at radius 1 is 1.16 bits per heavy atom. The lowest BCUT2D eigenvalue weighted by atomic mass is 9.99. The summed E-state index contributed by atoms with van der Waals surface area (Å²) in [5, 5.41) is 12.7. The third-order valence-corrected chi connectivity index (χ3v) is 4.07. The van der Waals surface area contributed by atoms with Gasteiger partial charge in [0.05, 0.1) is 0 Å². The molecule has 6 nitrogen and oxygen atoms in total. The summed E-state index contributed by atoms with van der Waals surface area (Å²) in [7, 11) is 0. The van der Waals surface area contributed by atoms with E-state index in [1.807, 2.05) is 0 Å². The van der Waals surface area contributed by atoms with Crippen molar-refractivity contribution in [2.45, 2.75) is 12.8 Å². The minimum Gasteiger partial charge on any atom is -0.507 e. The van der Waals surface area contributed by atoms with Crippen molar-refractivity contribution in [2.75, 3.05) is 11.9 Å². The van der Waals surface area contributed by atoms with Crippen molar-refractivity contribution < 1.29 is 24.2 Å². The number of carbonyl (C=O) groups is 3. The largest absolute Gasteiger partial charge is 0.507 e. The van der Waals surface area contributed by atoms with Crippen LogP contribution in [0, 0.1) is 0 Å². The van der Waals surface area contributed by atoms with Crippen LogP contribution in [0.2, 0.25) is 5.02 Å². The van der Waals surface area contributed by atoms with E-state index >= 15 is 0 Å². The van der Waals surface area contributed by atoms with E-state index < -0.39 is 12.6 Å². The van der Waals surface area contributed by atoms with Crippen molar-refractivity contribution in [1.29, 1.82) is 0 Å². The maximum Gasteiger partial charge on any atom is 0.342 e. The standard InChI is InChI=1S/C18H14ClNO5/c19-12-3-4-13(15(21)8-12)18(24)25-9-16(22)11-1-5-14-10(7-11)2-6-17(23)20-14/h1,3-5,7-8,21H,2,6,9H2,(H,20,23). The Balaban J connectivity index is 1.66. The highest BCUT2D eigenvalue weighted by Gasteiger charge is 2.18. The molecule has 0 aromatic heterocycles. The number of aryl methyl sites for hydroxylation is 1. The number of anilines is 1. The molecular formula is C18H14ClNO5. The zero-order valence-electron chi connectivity index (χ0n) is 13.0. The number of benzene rings is 2. The number of esters is 1. The molecule has 0 saturated carbocycles. The van der Waals surface area contributed by atoms with Crippen molar-refractivity contribution in [1.82, 2.24) is 0 Å². The molecule has 0 radical (unpaired) electrons. The lowest BCUT2D eigenvalue weighted by molar-refractivity contribution is -0.116. The van der Waals surface area contributed by atoms with E-state index in [9.17, 15) is 19.5 Å². The van der Waals surface area contributed by atoms with E-state index in [4.69, 9.17) is 16.3 Å². The number of fused-ring (bicyclic) bond motifs is 1. The second-order valence-electron chi connectivity index (χ2n) is 5.58. The van der Waals surface area contributed by atoms with Crippen LogP contribution in [0.5, 0.6) is 5.75 Å². The molecule has 1 amide bonds. The van der Waals surface area contributed by atoms with Gasteiger partial charge in [-0.1, -0.05) is 11.6 Å². The SMILES string of the molecule is O=C1CCc2cc(C(=O)COC(=O)c3ccc(Cl)cc3O)ccc2N1. The lowest BCUT2D eigenvalue weighted by Crippen LogP contribution is -2.20. The third kappa shape index (κ3) is 3.80. The van der Waals surface area contributed by atoms with Crippen LogP contribution in [-0.4, -0.2) is 29.4 Å². The number of phenolic OH excluding ortho intramolecular Hbond substituents is 1. The monoisotopic (exact) mass is 359 g/mol. The van der Waals surface area contributed by atoms with Gasteiger partial charge in [-0.15, -0.1) is 0 Å². The number of phenols is 1. The number of halogens is 1. The molecule has 2 N–H and O–H groups in total. The number of hydrogen-bond donors (Lipinski definition) is 2. The van der Waals surface area contributed by atoms with Crippen LogP contribution in [0.15, 0.2) is 36.4 Å². The van der Waals surface area contributed by atoms with Crippen LogP contribution in [0.3, 0.4) is 0 Å². The number of Topliss-reactive ketones (excluding diaryl/α,β-unsaturated/α-hetero) is 1. The first-order valence-electron chi connectivity index (χ1n) is 7.55. The molecule has 1 heterocycles. The molecule has 0 bridgehead atoms. The van der Waals surface area contributed by atoms with Gasteiger partial charge in [0.1, 0.15) is 11.3 Å². The Morgan fingerprint density at radius 2 is 1.96 bits per heavy atom. The van der Waals surface area contributed by atoms with E-state index in [-0.39, 0.29) is 28.0 Å². The van der Waals surface area contributed by atoms with Crippen molar-refractivity contribution >= 4 is 34.9 Å². The van der Waals surface area contributed by atoms with Gasteiger partial charge in [-0.3, -0.25) is 9.59 Å². The average Bonchev–Trinajstić information content (AvgIpc) is 2.58. The highest BCUT2D eigenvalue weighted by molar-refractivity contribution is 6.30. The summed E-state index contributed by atoms with van der Waals surface area (Å²) in [4.78, 5) is 35.5. The van der Waals surface area contributed by atoms with Gasteiger partial charge < -0.3 is 15.2 Å². The van der Waals surface area contributed by atoms with Crippen LogP contribution in [0.25, 0.3) is 0 Å². The molecule has 128 valence electrons. The molecule has 0 spiro atoms. The molecule has 0 atom stereocenters. The maximum atomic E-state index is 12.2. The quantitative estimate of drug-likeness (QED) is 0.646. The Hall–Kier alpha value is -2.86. The molecule has 1 aliphatic heterocycles. The number of ether oxygens (including phenoxy) is 1. The Morgan fingerprint density at radius 3 is 2.72 bits per heavy atom. The molecule has 7 heteroatoms. The van der Waals surface area contributed by atoms with Gasteiger partial charge in [0, 0.05) is 22.7 Å². The number of aromatic hydroxyl groups is 1. The highest BCUT2D eigenvalue weighted by atomic mass is 35.5. The predicted molar refractivity (Wildman–Crippen MR) is 91.1 cm³/mol. The Kier molecular flexibility index (Phi) is 4.72. The summed E-state index contributed by atoms with van der Waals surface area (Å²) in [6, 6.07) is 8.90. The van der Waals surface area contributed by atoms with E-state index in [1.54, 1.807) is 18.2 Å². The minimum absolute atomic E-state index is 0.0525. The van der Waals surface area contributed by atoms with Gasteiger partial charge in [0.25, 0.3) is 0 Å². The number of rotatable bonds is 4. The fraction of sp³-hybridized carbons (Fsp3) is 0.167. The summed E-state index contributed by atoms with van der Waals surface area (Å²) in [5.41, 5.74) is 1.89. The second kappa shape index (κ2) is 6.94. The Bertz CT molecular complexity index is 878. The molecule has 2 aromatic carbocycles. The predicted octanol–water partition coefficient (Wildman–Crippen LogP) is 2.97. The fourth-order valence-corrected chi connectivity index (χ4v) is 2.69. The number of nitrogens with one attached hydrogen (secondary N) is 1. The van der Waals surface area contributed by atoms with Crippen LogP contribution in [-0.2, 0) is 16.0 Å². The molecule has 3 rings (SSSR count). The third-order valence-electron chi connectivity index (χ3n) is 3.84. The van der Waals surface area contributed by atoms with Crippen molar-refractivity contribution in [3.8, 4) is 5.75 Å². The molecule has 0 aliphatic carbocycles.